The van der Waals surface area contributed by atoms with Gasteiger partial charge in [0.25, 0.3) is 0 Å². The van der Waals surface area contributed by atoms with Crippen molar-refractivity contribution in [3.05, 3.63) is 6.92 Å². The highest BCUT2D eigenvalue weighted by Gasteiger charge is 2.60. The number of carboxylic acid groups (broad SMARTS) is 2. The first kappa shape index (κ1) is 86.0. The molecule has 0 spiro atoms. The third-order valence-corrected chi connectivity index (χ3v) is 21.0. The molecule has 16 unspecified atom stereocenters. The maximum Gasteiger partial charge on any atom is 0.311 e. The van der Waals surface area contributed by atoms with E-state index in [1.54, 1.807) is 0 Å². The summed E-state index contributed by atoms with van der Waals surface area (Å²) in [5.74, 6) is -7.02. The van der Waals surface area contributed by atoms with E-state index in [0.29, 0.717) is 0 Å². The Morgan fingerprint density at radius 1 is 0.340 bits per heavy atom. The van der Waals surface area contributed by atoms with Crippen molar-refractivity contribution >= 4 is 47.0 Å². The SMILES string of the molecule is [CH2+]CC(CSCC1O[C@@H]2O[C@@H]3C(CO)O[C@H](O[C@@H]4C(CO)O[C@H](O[C@@H]5C(CO)O[C@H](O[C@@H]6C(CSCC(CC(=O)CCOCCOCCC(C)=O)C(=O)O)O[C@H](O[C@@H]7C(CO)O[C@H](O[C@@H]8C(CO)O[C@H](O[C@H]1[C@H](O)C2O)C(O)[C@H]8O)C(O)[C@H]7O)C(O)[C@H]6O)C(O)[C@H]5O)C(O)[C@H]4O)C(O)[C@H]3O)C(=O)O. The summed E-state index contributed by atoms with van der Waals surface area (Å²) < 4.78 is 93.3. The van der Waals surface area contributed by atoms with Gasteiger partial charge in [-0.05, 0) is 6.92 Å². The first-order valence-corrected chi connectivity index (χ1v) is 35.6. The van der Waals surface area contributed by atoms with E-state index in [1.807, 2.05) is 0 Å². The van der Waals surface area contributed by atoms with Crippen LogP contribution in [0.2, 0.25) is 0 Å². The van der Waals surface area contributed by atoms with Gasteiger partial charge in [-0.1, -0.05) is 0 Å². The summed E-state index contributed by atoms with van der Waals surface area (Å²) in [7, 11) is 0. The molecule has 43 heteroatoms. The van der Waals surface area contributed by atoms with E-state index in [-0.39, 0.29) is 68.7 Å². The van der Waals surface area contributed by atoms with Crippen molar-refractivity contribution in [1.29, 1.82) is 0 Å². The standard InChI is InChI=1S/C60H96O41S2/c1-3-21(52(82)83)16-102-18-29-50-36(73)43(80)59(93-29)98-48-27(14-64)89-55(39(76)32(48)69)95-45-24(11-61)88-54(38(75)31(45)68)96-46-26(13-63)92-58(42(79)35(46)72)101-51-30(19-103-17-22(53(84)85)10-23(67)5-7-87-9-8-86-6-4-20(2)66)94-60(44(81)37(51)74)99-49-28(15-65)90-56(40(77)33(49)70)97-47-25(12-62)91-57(100-50)41(78)34(47)71/h21-22,24-51,54-65,68-81H,1,3-19H2,2H3,(H-,82,83,84,85)/p+1/t21?,22?,24?,25?,26?,27?,28?,29?,30?,31-,32-,33-,34-,35-,36-,37-,38?,39?,40?,41?,42?,43?,44?,45-,46-,47-,48-,49-,50-,51-,54-,55-,56-,57-,58-,59-,60-/m1/s1. The van der Waals surface area contributed by atoms with Crippen LogP contribution in [-0.4, -0.2) is 428 Å². The number of hydrogen-bond donors (Lipinski definition) is 21. The van der Waals surface area contributed by atoms with E-state index in [9.17, 15) is 126 Å². The fourth-order valence-electron chi connectivity index (χ4n) is 12.6. The molecular formula is C60H97O41S2+. The van der Waals surface area contributed by atoms with Crippen LogP contribution in [0.1, 0.15) is 32.6 Å². The molecule has 21 saturated heterocycles. The zero-order valence-electron chi connectivity index (χ0n) is 55.5. The van der Waals surface area contributed by atoms with Gasteiger partial charge in [-0.3, -0.25) is 19.2 Å². The summed E-state index contributed by atoms with van der Waals surface area (Å²) in [6, 6.07) is 0. The molecule has 14 bridgehead atoms. The molecule has 0 radical (unpaired) electrons. The predicted molar refractivity (Wildman–Crippen MR) is 332 cm³/mol. The van der Waals surface area contributed by atoms with Gasteiger partial charge in [-0.2, -0.15) is 23.5 Å². The van der Waals surface area contributed by atoms with E-state index in [4.69, 9.17) is 75.8 Å². The number of carboxylic acids is 2. The lowest BCUT2D eigenvalue weighted by Crippen LogP contribution is -2.68. The average Bonchev–Trinajstić information content (AvgIpc) is 0.785. The number of thioether (sulfide) groups is 2. The first-order chi connectivity index (χ1) is 49.0. The summed E-state index contributed by atoms with van der Waals surface area (Å²) in [6.45, 7) is -0.269. The lowest BCUT2D eigenvalue weighted by atomic mass is 9.95. The van der Waals surface area contributed by atoms with Gasteiger partial charge in [0, 0.05) is 42.3 Å². The van der Waals surface area contributed by atoms with Crippen molar-refractivity contribution < 1.29 is 202 Å². The van der Waals surface area contributed by atoms with Gasteiger partial charge in [0.1, 0.15) is 176 Å². The minimum atomic E-state index is -2.31. The van der Waals surface area contributed by atoms with Crippen LogP contribution in [-0.2, 0) is 95.0 Å². The Balaban J connectivity index is 1.08. The Hall–Kier alpha value is -2.55. The smallest absolute Gasteiger partial charge is 0.311 e. The van der Waals surface area contributed by atoms with E-state index < -0.39 is 290 Å². The summed E-state index contributed by atoms with van der Waals surface area (Å²) in [5.41, 5.74) is 0. The highest BCUT2D eigenvalue weighted by Crippen LogP contribution is 2.40. The van der Waals surface area contributed by atoms with Gasteiger partial charge in [-0.25, -0.2) is 0 Å². The Morgan fingerprint density at radius 2 is 0.573 bits per heavy atom. The minimum Gasteiger partial charge on any atom is -0.481 e. The molecule has 41 nitrogen and oxygen atoms in total. The average molecular weight is 1540 g/mol. The van der Waals surface area contributed by atoms with E-state index >= 15 is 0 Å². The summed E-state index contributed by atoms with van der Waals surface area (Å²) in [6.07, 6.45) is -73.1. The van der Waals surface area contributed by atoms with Gasteiger partial charge in [0.15, 0.2) is 44.0 Å². The molecule has 594 valence electrons. The number of ketones is 2. The predicted octanol–water partition coefficient (Wildman–Crippen LogP) is -11.8. The van der Waals surface area contributed by atoms with Crippen molar-refractivity contribution in [2.45, 2.75) is 248 Å². The van der Waals surface area contributed by atoms with E-state index in [2.05, 4.69) is 6.92 Å². The topological polar surface area (TPSA) is 641 Å². The van der Waals surface area contributed by atoms with Crippen molar-refractivity contribution in [1.82, 2.24) is 0 Å². The lowest BCUT2D eigenvalue weighted by Gasteiger charge is -2.50. The number of ether oxygens (including phenoxy) is 16. The molecule has 21 N–H and O–H groups in total. The maximum absolute atomic E-state index is 13.0. The van der Waals surface area contributed by atoms with Gasteiger partial charge in [-0.15, -0.1) is 0 Å². The molecule has 0 amide bonds. The van der Waals surface area contributed by atoms with E-state index in [1.165, 1.54) is 6.92 Å². The van der Waals surface area contributed by atoms with Crippen LogP contribution in [0.3, 0.4) is 0 Å². The molecular weight excluding hydrogens is 1440 g/mol. The fourth-order valence-corrected chi connectivity index (χ4v) is 15.1. The molecule has 103 heavy (non-hydrogen) atoms. The van der Waals surface area contributed by atoms with Crippen molar-refractivity contribution in [2.75, 3.05) is 82.5 Å². The van der Waals surface area contributed by atoms with Crippen molar-refractivity contribution in [3.8, 4) is 0 Å². The quantitative estimate of drug-likeness (QED) is 0.0268. The number of carbonyl (C=O) groups is 4. The molecule has 0 aromatic heterocycles. The molecule has 0 saturated carbocycles. The zero-order valence-corrected chi connectivity index (χ0v) is 57.1. The van der Waals surface area contributed by atoms with Crippen LogP contribution in [0.5, 0.6) is 0 Å². The highest BCUT2D eigenvalue weighted by molar-refractivity contribution is 7.99. The molecule has 0 aliphatic carbocycles. The second kappa shape index (κ2) is 39.9. The van der Waals surface area contributed by atoms with Gasteiger partial charge in [0.05, 0.1) is 90.9 Å². The third-order valence-electron chi connectivity index (χ3n) is 18.6. The summed E-state index contributed by atoms with van der Waals surface area (Å²) >= 11 is 1.68. The summed E-state index contributed by atoms with van der Waals surface area (Å²) in [4.78, 5) is 48.7. The number of carbonyl (C=O) groups excluding carboxylic acids is 2. The first-order valence-electron chi connectivity index (χ1n) is 33.3. The number of Topliss-reactive ketones (excluding diaryl/α,β-unsaturated/α-hetero) is 2. The fraction of sp³-hybridized carbons (Fsp3) is 0.917. The number of rotatable bonds is 27. The summed E-state index contributed by atoms with van der Waals surface area (Å²) in [5, 5.41) is 237. The Kier molecular flexibility index (Phi) is 33.3. The van der Waals surface area contributed by atoms with Crippen molar-refractivity contribution in [2.24, 2.45) is 11.8 Å². The number of hydrogen-bond acceptors (Lipinski definition) is 41. The van der Waals surface area contributed by atoms with Gasteiger partial charge in [0.2, 0.25) is 0 Å². The molecule has 0 aromatic carbocycles. The minimum absolute atomic E-state index is 0.0646. The van der Waals surface area contributed by atoms with Crippen LogP contribution in [0.25, 0.3) is 0 Å². The molecule has 21 aliphatic rings. The molecule has 0 aromatic rings. The van der Waals surface area contributed by atoms with Crippen LogP contribution in [0.15, 0.2) is 0 Å². The van der Waals surface area contributed by atoms with Crippen LogP contribution in [0.4, 0.5) is 0 Å². The lowest BCUT2D eigenvalue weighted by molar-refractivity contribution is -0.395. The van der Waals surface area contributed by atoms with Crippen LogP contribution in [0, 0.1) is 18.8 Å². The number of aliphatic carboxylic acids is 2. The largest absolute Gasteiger partial charge is 0.481 e. The highest BCUT2D eigenvalue weighted by atomic mass is 32.2. The van der Waals surface area contributed by atoms with E-state index in [0.717, 1.165) is 23.5 Å². The zero-order chi connectivity index (χ0) is 75.4. The molecule has 37 atom stereocenters. The Morgan fingerprint density at radius 3 is 0.806 bits per heavy atom. The van der Waals surface area contributed by atoms with Crippen LogP contribution < -0.4 is 0 Å². The third kappa shape index (κ3) is 20.9. The molecule has 21 fully saturated rings. The Bertz CT molecular complexity index is 2610. The van der Waals surface area contributed by atoms with Gasteiger partial charge < -0.3 is 183 Å². The molecule has 21 rings (SSSR count). The van der Waals surface area contributed by atoms with Gasteiger partial charge >= 0.3 is 11.9 Å². The Labute approximate surface area is 596 Å². The second-order valence-corrected chi connectivity index (χ2v) is 28.0. The normalized spacial score (nSPS) is 44.9. The maximum atomic E-state index is 13.0. The second-order valence-electron chi connectivity index (χ2n) is 25.9. The van der Waals surface area contributed by atoms with Crippen LogP contribution >= 0.6 is 23.5 Å². The number of aliphatic hydroxyl groups excluding tert-OH is 19. The molecule has 21 aliphatic heterocycles. The number of aliphatic hydroxyl groups is 19. The molecule has 21 heterocycles. The monoisotopic (exact) mass is 1540 g/mol. The van der Waals surface area contributed by atoms with Crippen molar-refractivity contribution in [3.63, 3.8) is 0 Å².